The predicted molar refractivity (Wildman–Crippen MR) is 65.6 cm³/mol. The molecule has 5 heteroatoms. The van der Waals surface area contributed by atoms with Gasteiger partial charge in [0.05, 0.1) is 6.10 Å². The van der Waals surface area contributed by atoms with Crippen molar-refractivity contribution in [2.45, 2.75) is 19.4 Å². The molecule has 2 saturated heterocycles. The van der Waals surface area contributed by atoms with Gasteiger partial charge >= 0.3 is 0 Å². The Morgan fingerprint density at radius 2 is 2.29 bits per heavy atom. The zero-order valence-electron chi connectivity index (χ0n) is 10.6. The highest BCUT2D eigenvalue weighted by atomic mass is 16.5. The molecule has 0 aromatic carbocycles. The van der Waals surface area contributed by atoms with E-state index in [0.29, 0.717) is 19.0 Å². The van der Waals surface area contributed by atoms with Gasteiger partial charge in [0.25, 0.3) is 0 Å². The first-order valence-electron chi connectivity index (χ1n) is 6.54. The van der Waals surface area contributed by atoms with Crippen molar-refractivity contribution in [3.05, 3.63) is 0 Å². The molecule has 2 aliphatic heterocycles. The fourth-order valence-electron chi connectivity index (χ4n) is 2.66. The summed E-state index contributed by atoms with van der Waals surface area (Å²) in [6.07, 6.45) is 1.22. The number of morpholine rings is 1. The number of carbonyl (C=O) groups excluding carboxylic acids is 1. The monoisotopic (exact) mass is 241 g/mol. The van der Waals surface area contributed by atoms with Crippen LogP contribution in [0.2, 0.25) is 0 Å². The summed E-state index contributed by atoms with van der Waals surface area (Å²) >= 11 is 0. The summed E-state index contributed by atoms with van der Waals surface area (Å²) in [5.74, 6) is 0.736. The van der Waals surface area contributed by atoms with E-state index in [4.69, 9.17) is 10.5 Å². The Morgan fingerprint density at radius 1 is 1.47 bits per heavy atom. The van der Waals surface area contributed by atoms with Gasteiger partial charge in [0, 0.05) is 26.2 Å². The molecule has 0 aromatic heterocycles. The lowest BCUT2D eigenvalue weighted by molar-refractivity contribution is -0.149. The van der Waals surface area contributed by atoms with Crippen LogP contribution in [0.1, 0.15) is 13.3 Å². The smallest absolute Gasteiger partial charge is 0.248 e. The van der Waals surface area contributed by atoms with Crippen LogP contribution >= 0.6 is 0 Å². The lowest BCUT2D eigenvalue weighted by Crippen LogP contribution is -2.50. The first-order valence-corrected chi connectivity index (χ1v) is 6.54. The molecule has 2 rings (SSSR count). The van der Waals surface area contributed by atoms with Gasteiger partial charge in [-0.1, -0.05) is 6.92 Å². The Balaban J connectivity index is 1.83. The summed E-state index contributed by atoms with van der Waals surface area (Å²) in [6, 6.07) is 0. The molecule has 0 bridgehead atoms. The average Bonchev–Trinajstić information content (AvgIpc) is 2.80. The molecule has 0 aliphatic carbocycles. The molecule has 0 aromatic rings. The number of carbonyl (C=O) groups is 1. The highest BCUT2D eigenvalue weighted by Gasteiger charge is 2.29. The van der Waals surface area contributed by atoms with Crippen LogP contribution in [0.15, 0.2) is 0 Å². The van der Waals surface area contributed by atoms with E-state index in [1.54, 1.807) is 0 Å². The molecule has 0 spiro atoms. The lowest BCUT2D eigenvalue weighted by atomic mass is 10.1. The normalized spacial score (nSPS) is 31.2. The minimum atomic E-state index is 0.0244. The summed E-state index contributed by atoms with van der Waals surface area (Å²) in [4.78, 5) is 16.1. The molecule has 1 amide bonds. The van der Waals surface area contributed by atoms with Crippen LogP contribution in [0.4, 0.5) is 0 Å². The van der Waals surface area contributed by atoms with E-state index in [9.17, 15) is 4.79 Å². The molecule has 0 radical (unpaired) electrons. The van der Waals surface area contributed by atoms with Crippen LogP contribution in [-0.2, 0) is 9.53 Å². The average molecular weight is 241 g/mol. The van der Waals surface area contributed by atoms with Crippen molar-refractivity contribution in [2.75, 3.05) is 45.9 Å². The van der Waals surface area contributed by atoms with E-state index in [2.05, 4.69) is 11.8 Å². The van der Waals surface area contributed by atoms with Crippen LogP contribution < -0.4 is 5.73 Å². The molecule has 2 N–H and O–H groups in total. The molecule has 2 fully saturated rings. The van der Waals surface area contributed by atoms with Crippen LogP contribution in [-0.4, -0.2) is 67.7 Å². The van der Waals surface area contributed by atoms with Gasteiger partial charge in [0.2, 0.25) is 5.91 Å². The number of nitrogens with two attached hydrogens (primary N) is 1. The van der Waals surface area contributed by atoms with Gasteiger partial charge in [-0.15, -0.1) is 0 Å². The van der Waals surface area contributed by atoms with Gasteiger partial charge in [-0.3, -0.25) is 4.79 Å². The van der Waals surface area contributed by atoms with Crippen LogP contribution in [0, 0.1) is 5.92 Å². The maximum atomic E-state index is 11.7. The standard InChI is InChI=1S/C12H23N3O2/c1-2-14-4-3-10(6-14)7-15-8-11(5-13)17-9-12(15)16/h10-11H,2-9,13H2,1H3. The van der Waals surface area contributed by atoms with Gasteiger partial charge in [-0.25, -0.2) is 0 Å². The number of likely N-dealkylation sites (tertiary alicyclic amines) is 1. The molecule has 2 heterocycles. The fraction of sp³-hybridized carbons (Fsp3) is 0.917. The molecular weight excluding hydrogens is 218 g/mol. The minimum Gasteiger partial charge on any atom is -0.365 e. The fourth-order valence-corrected chi connectivity index (χ4v) is 2.66. The maximum absolute atomic E-state index is 11.7. The number of ether oxygens (including phenoxy) is 1. The summed E-state index contributed by atoms with van der Waals surface area (Å²) in [6.45, 7) is 7.81. The second kappa shape index (κ2) is 5.80. The Labute approximate surface area is 103 Å². The zero-order valence-corrected chi connectivity index (χ0v) is 10.6. The number of nitrogens with zero attached hydrogens (tertiary/aromatic N) is 2. The lowest BCUT2D eigenvalue weighted by Gasteiger charge is -2.33. The molecule has 2 atom stereocenters. The summed E-state index contributed by atoms with van der Waals surface area (Å²) in [5, 5.41) is 0. The number of hydrogen-bond donors (Lipinski definition) is 1. The van der Waals surface area contributed by atoms with Crippen LogP contribution in [0.25, 0.3) is 0 Å². The molecule has 17 heavy (non-hydrogen) atoms. The number of hydrogen-bond acceptors (Lipinski definition) is 4. The summed E-state index contributed by atoms with van der Waals surface area (Å²) < 4.78 is 5.35. The molecule has 98 valence electrons. The molecule has 5 nitrogen and oxygen atoms in total. The van der Waals surface area contributed by atoms with Crippen LogP contribution in [0.5, 0.6) is 0 Å². The SMILES string of the molecule is CCN1CCC(CN2CC(CN)OCC2=O)C1. The maximum Gasteiger partial charge on any atom is 0.248 e. The van der Waals surface area contributed by atoms with E-state index in [1.165, 1.54) is 13.0 Å². The molecule has 2 aliphatic rings. The first kappa shape index (κ1) is 12.8. The van der Waals surface area contributed by atoms with E-state index in [1.807, 2.05) is 4.90 Å². The van der Waals surface area contributed by atoms with Gasteiger partial charge in [0.15, 0.2) is 0 Å². The number of amides is 1. The third kappa shape index (κ3) is 3.18. The van der Waals surface area contributed by atoms with Crippen molar-refractivity contribution in [1.82, 2.24) is 9.80 Å². The van der Waals surface area contributed by atoms with Gasteiger partial charge in [0.1, 0.15) is 6.61 Å². The van der Waals surface area contributed by atoms with Gasteiger partial charge < -0.3 is 20.3 Å². The Morgan fingerprint density at radius 3 is 2.94 bits per heavy atom. The second-order valence-corrected chi connectivity index (χ2v) is 5.02. The van der Waals surface area contributed by atoms with Crippen molar-refractivity contribution in [2.24, 2.45) is 11.7 Å². The van der Waals surface area contributed by atoms with Crippen molar-refractivity contribution >= 4 is 5.91 Å². The Hall–Kier alpha value is -0.650. The van der Waals surface area contributed by atoms with Gasteiger partial charge in [-0.2, -0.15) is 0 Å². The van der Waals surface area contributed by atoms with Crippen molar-refractivity contribution in [1.29, 1.82) is 0 Å². The zero-order chi connectivity index (χ0) is 12.3. The quantitative estimate of drug-likeness (QED) is 0.722. The Bertz CT molecular complexity index is 272. The van der Waals surface area contributed by atoms with E-state index in [0.717, 1.165) is 19.6 Å². The van der Waals surface area contributed by atoms with E-state index >= 15 is 0 Å². The van der Waals surface area contributed by atoms with E-state index < -0.39 is 0 Å². The molecule has 0 saturated carbocycles. The molecule has 2 unspecified atom stereocenters. The van der Waals surface area contributed by atoms with Crippen molar-refractivity contribution < 1.29 is 9.53 Å². The third-order valence-corrected chi connectivity index (χ3v) is 3.78. The van der Waals surface area contributed by atoms with Crippen LogP contribution in [0.3, 0.4) is 0 Å². The molecular formula is C12H23N3O2. The third-order valence-electron chi connectivity index (χ3n) is 3.78. The topological polar surface area (TPSA) is 58.8 Å². The largest absolute Gasteiger partial charge is 0.365 e. The minimum absolute atomic E-state index is 0.0244. The van der Waals surface area contributed by atoms with Crippen molar-refractivity contribution in [3.63, 3.8) is 0 Å². The highest BCUT2D eigenvalue weighted by molar-refractivity contribution is 5.78. The van der Waals surface area contributed by atoms with E-state index in [-0.39, 0.29) is 18.6 Å². The predicted octanol–water partition coefficient (Wildman–Crippen LogP) is -0.486. The first-order chi connectivity index (χ1) is 8.22. The summed E-state index contributed by atoms with van der Waals surface area (Å²) in [5.41, 5.74) is 5.59. The Kier molecular flexibility index (Phi) is 4.36. The second-order valence-electron chi connectivity index (χ2n) is 5.02. The number of rotatable bonds is 4. The van der Waals surface area contributed by atoms with Gasteiger partial charge in [-0.05, 0) is 25.4 Å². The highest BCUT2D eigenvalue weighted by Crippen LogP contribution is 2.18. The van der Waals surface area contributed by atoms with Crippen molar-refractivity contribution in [3.8, 4) is 0 Å². The summed E-state index contributed by atoms with van der Waals surface area (Å²) in [7, 11) is 0.